The highest BCUT2D eigenvalue weighted by Crippen LogP contribution is 2.34. The second-order valence-electron chi connectivity index (χ2n) is 16.4. The average Bonchev–Trinajstić information content (AvgIpc) is 3.97. The van der Waals surface area contributed by atoms with E-state index in [2.05, 4.69) is 46.9 Å². The van der Waals surface area contributed by atoms with E-state index in [9.17, 15) is 34.3 Å². The lowest BCUT2D eigenvalue weighted by Gasteiger charge is -2.43. The number of fused-ring (bicyclic) bond motifs is 2. The van der Waals surface area contributed by atoms with E-state index in [0.29, 0.717) is 92.1 Å². The predicted molar refractivity (Wildman–Crippen MR) is 214 cm³/mol. The molecule has 17 heteroatoms. The molecule has 1 unspecified atom stereocenters. The smallest absolute Gasteiger partial charge is 0.262 e. The van der Waals surface area contributed by atoms with Gasteiger partial charge in [-0.3, -0.25) is 39.1 Å². The number of aliphatic hydroxyl groups is 1. The van der Waals surface area contributed by atoms with Gasteiger partial charge in [-0.1, -0.05) is 12.8 Å². The summed E-state index contributed by atoms with van der Waals surface area (Å²) >= 11 is 0. The molecule has 4 fully saturated rings. The number of aromatic nitrogens is 4. The molecule has 59 heavy (non-hydrogen) atoms. The number of benzene rings is 1. The minimum atomic E-state index is -1.01. The third-order valence-corrected chi connectivity index (χ3v) is 12.5. The maximum Gasteiger partial charge on any atom is 0.262 e. The second-order valence-corrected chi connectivity index (χ2v) is 16.4. The number of rotatable bonds is 9. The van der Waals surface area contributed by atoms with Crippen LogP contribution in [-0.2, 0) is 9.59 Å². The Bertz CT molecular complexity index is 2400. The molecule has 1 atom stereocenters. The van der Waals surface area contributed by atoms with Crippen LogP contribution < -0.4 is 20.9 Å². The van der Waals surface area contributed by atoms with E-state index in [0.717, 1.165) is 36.3 Å². The number of imide groups is 2. The molecule has 0 radical (unpaired) electrons. The van der Waals surface area contributed by atoms with Crippen molar-refractivity contribution in [1.29, 1.82) is 5.26 Å². The van der Waals surface area contributed by atoms with Crippen LogP contribution in [-0.4, -0.2) is 121 Å². The van der Waals surface area contributed by atoms with E-state index in [1.54, 1.807) is 35.3 Å². The van der Waals surface area contributed by atoms with Gasteiger partial charge in [-0.15, -0.1) is 0 Å². The molecule has 4 aromatic rings. The quantitative estimate of drug-likeness (QED) is 0.179. The van der Waals surface area contributed by atoms with Gasteiger partial charge in [-0.05, 0) is 69.2 Å². The molecule has 9 rings (SSSR count). The summed E-state index contributed by atoms with van der Waals surface area (Å²) in [6.45, 7) is 3.21. The van der Waals surface area contributed by atoms with Gasteiger partial charge in [0.15, 0.2) is 11.5 Å². The summed E-state index contributed by atoms with van der Waals surface area (Å²) < 4.78 is 1.61. The van der Waals surface area contributed by atoms with Crippen molar-refractivity contribution in [3.05, 3.63) is 71.2 Å². The number of hydrogen-bond acceptors (Lipinski definition) is 13. The van der Waals surface area contributed by atoms with Gasteiger partial charge in [0.2, 0.25) is 11.8 Å². The lowest BCUT2D eigenvalue weighted by atomic mass is 9.81. The highest BCUT2D eigenvalue weighted by molar-refractivity contribution is 6.23. The SMILES string of the molecule is N#Cc1cnc2c(cnn2-c2cc(NC3CCCC3)c(C(=O)N[C@H]3CC[C@](O)(CN4CCN(c5ccc6c(c5)C(=O)N(C5CCC(=O)NC5=O)C6=O)CC4)CC3)cn2)c1. The van der Waals surface area contributed by atoms with E-state index in [-0.39, 0.29) is 42.0 Å². The van der Waals surface area contributed by atoms with Crippen molar-refractivity contribution in [2.75, 3.05) is 42.9 Å². The second kappa shape index (κ2) is 15.5. The first-order valence-corrected chi connectivity index (χ1v) is 20.4. The molecule has 3 aromatic heterocycles. The molecule has 0 spiro atoms. The predicted octanol–water partition coefficient (Wildman–Crippen LogP) is 2.67. The van der Waals surface area contributed by atoms with Crippen LogP contribution in [0.15, 0.2) is 48.9 Å². The minimum absolute atomic E-state index is 0.0663. The number of anilines is 2. The zero-order valence-electron chi connectivity index (χ0n) is 32.5. The van der Waals surface area contributed by atoms with E-state index < -0.39 is 35.3 Å². The number of amides is 5. The number of nitrogens with zero attached hydrogens (tertiary/aromatic N) is 8. The third kappa shape index (κ3) is 7.49. The Morgan fingerprint density at radius 3 is 2.41 bits per heavy atom. The summed E-state index contributed by atoms with van der Waals surface area (Å²) in [5.74, 6) is -1.82. The van der Waals surface area contributed by atoms with Crippen molar-refractivity contribution in [1.82, 2.24) is 40.2 Å². The monoisotopic (exact) mass is 799 g/mol. The largest absolute Gasteiger partial charge is 0.389 e. The third-order valence-electron chi connectivity index (χ3n) is 12.5. The van der Waals surface area contributed by atoms with Crippen LogP contribution >= 0.6 is 0 Å². The van der Waals surface area contributed by atoms with Crippen LogP contribution in [0.5, 0.6) is 0 Å². The summed E-state index contributed by atoms with van der Waals surface area (Å²) in [4.78, 5) is 78.8. The highest BCUT2D eigenvalue weighted by atomic mass is 16.3. The van der Waals surface area contributed by atoms with Gasteiger partial charge in [-0.2, -0.15) is 15.0 Å². The summed E-state index contributed by atoms with van der Waals surface area (Å²) in [6, 6.07) is 9.96. The number of nitrogens with one attached hydrogen (secondary N) is 3. The van der Waals surface area contributed by atoms with Crippen LogP contribution in [0.1, 0.15) is 101 Å². The fraction of sp³-hybridized carbons (Fsp3) is 0.452. The van der Waals surface area contributed by atoms with Crippen LogP contribution in [0.25, 0.3) is 16.9 Å². The molecule has 4 N–H and O–H groups in total. The van der Waals surface area contributed by atoms with Gasteiger partial charge < -0.3 is 20.6 Å². The van der Waals surface area contributed by atoms with E-state index >= 15 is 0 Å². The number of β-amino-alcohol motifs (C(OH)–C–C–N with tert-alkyl or cyclic N) is 1. The molecule has 3 aliphatic heterocycles. The molecule has 5 amide bonds. The molecule has 17 nitrogen and oxygen atoms in total. The van der Waals surface area contributed by atoms with Gasteiger partial charge in [0, 0.05) is 80.8 Å². The lowest BCUT2D eigenvalue weighted by Crippen LogP contribution is -2.54. The van der Waals surface area contributed by atoms with Crippen molar-refractivity contribution < 1.29 is 29.1 Å². The van der Waals surface area contributed by atoms with E-state index in [1.807, 2.05) is 12.1 Å². The maximum absolute atomic E-state index is 13.8. The van der Waals surface area contributed by atoms with E-state index in [4.69, 9.17) is 0 Å². The molecule has 2 saturated carbocycles. The molecule has 2 aliphatic carbocycles. The number of piperazine rings is 1. The Hall–Kier alpha value is -6.25. The van der Waals surface area contributed by atoms with Crippen LogP contribution in [0, 0.1) is 11.3 Å². The molecule has 2 saturated heterocycles. The maximum atomic E-state index is 13.8. The summed E-state index contributed by atoms with van der Waals surface area (Å²) in [6.07, 6.45) is 11.5. The molecular formula is C42H45N11O6. The van der Waals surface area contributed by atoms with Gasteiger partial charge in [0.1, 0.15) is 12.1 Å². The Morgan fingerprint density at radius 1 is 0.898 bits per heavy atom. The molecule has 5 aliphatic rings. The Labute approximate surface area is 339 Å². The standard InChI is InChI=1S/C42H45N11O6/c43-20-25-17-26-22-46-53(37(26)45-21-25)35-19-33(47-27-3-1-2-4-27)32(23-44-35)38(55)48-28-9-11-42(59,12-10-28)24-50-13-15-51(16-14-50)29-5-6-30-31(18-29)41(58)52(40(30)57)34-7-8-36(54)49-39(34)56/h5-6,17-19,21-23,27-28,34,59H,1-4,7-16,24H2,(H,44,47)(H,48,55)(H,49,54,56)/t28-,34?,42+. The van der Waals surface area contributed by atoms with E-state index in [1.165, 1.54) is 6.20 Å². The first-order valence-electron chi connectivity index (χ1n) is 20.4. The van der Waals surface area contributed by atoms with Crippen LogP contribution in [0.4, 0.5) is 11.4 Å². The molecule has 0 bridgehead atoms. The Kier molecular flexibility index (Phi) is 10.1. The molecule has 304 valence electrons. The van der Waals surface area contributed by atoms with Crippen molar-refractivity contribution in [2.24, 2.45) is 0 Å². The number of hydrogen-bond donors (Lipinski definition) is 4. The summed E-state index contributed by atoms with van der Waals surface area (Å²) in [7, 11) is 0. The van der Waals surface area contributed by atoms with Gasteiger partial charge in [-0.25, -0.2) is 9.97 Å². The average molecular weight is 800 g/mol. The zero-order valence-corrected chi connectivity index (χ0v) is 32.5. The van der Waals surface area contributed by atoms with Gasteiger partial charge in [0.05, 0.1) is 39.7 Å². The normalized spacial score (nSPS) is 24.0. The van der Waals surface area contributed by atoms with Crippen molar-refractivity contribution >= 4 is 51.9 Å². The van der Waals surface area contributed by atoms with Crippen molar-refractivity contribution in [3.8, 4) is 11.9 Å². The van der Waals surface area contributed by atoms with Crippen LogP contribution in [0.2, 0.25) is 0 Å². The number of carbonyl (C=O) groups is 5. The van der Waals surface area contributed by atoms with Crippen LogP contribution in [0.3, 0.4) is 0 Å². The molecule has 1 aromatic carbocycles. The first kappa shape index (κ1) is 38.3. The number of pyridine rings is 2. The zero-order chi connectivity index (χ0) is 40.8. The molecule has 6 heterocycles. The summed E-state index contributed by atoms with van der Waals surface area (Å²) in [5.41, 5.74) is 2.55. The summed E-state index contributed by atoms with van der Waals surface area (Å²) in [5, 5.41) is 35.2. The Morgan fingerprint density at radius 2 is 1.66 bits per heavy atom. The first-order chi connectivity index (χ1) is 28.6. The minimum Gasteiger partial charge on any atom is -0.389 e. The van der Waals surface area contributed by atoms with Gasteiger partial charge in [0.25, 0.3) is 17.7 Å². The van der Waals surface area contributed by atoms with Gasteiger partial charge >= 0.3 is 0 Å². The number of carbonyl (C=O) groups excluding carboxylic acids is 5. The molecular weight excluding hydrogens is 755 g/mol. The van der Waals surface area contributed by atoms with Crippen molar-refractivity contribution in [2.45, 2.75) is 87.9 Å². The highest BCUT2D eigenvalue weighted by Gasteiger charge is 2.45. The fourth-order valence-corrected chi connectivity index (χ4v) is 9.26. The van der Waals surface area contributed by atoms with Crippen molar-refractivity contribution in [3.63, 3.8) is 0 Å². The Balaban J connectivity index is 0.796. The lowest BCUT2D eigenvalue weighted by molar-refractivity contribution is -0.136. The topological polar surface area (TPSA) is 219 Å². The number of nitriles is 1. The number of piperidine rings is 1. The fourth-order valence-electron chi connectivity index (χ4n) is 9.26.